The zero-order chi connectivity index (χ0) is 18.6. The lowest BCUT2D eigenvalue weighted by Gasteiger charge is -2.19. The number of hydrogen-bond donors (Lipinski definition) is 2. The molecule has 0 aliphatic carbocycles. The number of nitrogens with one attached hydrogen (secondary N) is 1. The van der Waals surface area contributed by atoms with Gasteiger partial charge in [0, 0.05) is 5.92 Å². The Labute approximate surface area is 150 Å². The van der Waals surface area contributed by atoms with E-state index in [9.17, 15) is 9.59 Å². The van der Waals surface area contributed by atoms with E-state index in [-0.39, 0.29) is 11.8 Å². The van der Waals surface area contributed by atoms with Gasteiger partial charge in [-0.1, -0.05) is 39.5 Å². The molecule has 1 unspecified atom stereocenters. The highest BCUT2D eigenvalue weighted by molar-refractivity contribution is 8.00. The van der Waals surface area contributed by atoms with Crippen molar-refractivity contribution in [3.8, 4) is 0 Å². The summed E-state index contributed by atoms with van der Waals surface area (Å²) in [6.45, 7) is 8.31. The molecule has 0 saturated heterocycles. The smallest absolute Gasteiger partial charge is 0.318 e. The van der Waals surface area contributed by atoms with E-state index in [1.165, 1.54) is 11.8 Å². The lowest BCUT2D eigenvalue weighted by atomic mass is 10.1. The Hall–Kier alpha value is -2.29. The van der Waals surface area contributed by atoms with E-state index in [0.29, 0.717) is 11.7 Å². The van der Waals surface area contributed by atoms with E-state index in [1.54, 1.807) is 6.26 Å². The summed E-state index contributed by atoms with van der Waals surface area (Å²) in [5, 5.41) is 10.7. The second-order valence-electron chi connectivity index (χ2n) is 6.30. The van der Waals surface area contributed by atoms with Crippen LogP contribution in [0.1, 0.15) is 45.2 Å². The molecule has 0 aliphatic heterocycles. The molecule has 9 heteroatoms. The van der Waals surface area contributed by atoms with Gasteiger partial charge in [-0.25, -0.2) is 4.79 Å². The average molecular weight is 365 g/mol. The zero-order valence-electron chi connectivity index (χ0n) is 14.7. The Morgan fingerprint density at radius 2 is 2.04 bits per heavy atom. The SMILES string of the molecule is CC(C)c1nnc(SC(C(=O)NC(N)=O)C(C)C)n1Cc1ccco1. The summed E-state index contributed by atoms with van der Waals surface area (Å²) < 4.78 is 7.35. The first-order valence-electron chi connectivity index (χ1n) is 8.02. The number of primary amides is 1. The summed E-state index contributed by atoms with van der Waals surface area (Å²) in [5.74, 6) is 1.27. The molecule has 2 heterocycles. The topological polar surface area (TPSA) is 116 Å². The predicted molar refractivity (Wildman–Crippen MR) is 94.1 cm³/mol. The Bertz CT molecular complexity index is 724. The van der Waals surface area contributed by atoms with E-state index in [4.69, 9.17) is 10.2 Å². The van der Waals surface area contributed by atoms with E-state index < -0.39 is 17.2 Å². The predicted octanol–water partition coefficient (Wildman–Crippen LogP) is 2.35. The summed E-state index contributed by atoms with van der Waals surface area (Å²) >= 11 is 1.26. The molecule has 0 saturated carbocycles. The van der Waals surface area contributed by atoms with Gasteiger partial charge in [0.1, 0.15) is 11.6 Å². The molecular formula is C16H23N5O3S. The molecule has 0 aromatic carbocycles. The molecule has 8 nitrogen and oxygen atoms in total. The molecule has 0 spiro atoms. The Morgan fingerprint density at radius 3 is 2.56 bits per heavy atom. The van der Waals surface area contributed by atoms with E-state index in [2.05, 4.69) is 15.5 Å². The van der Waals surface area contributed by atoms with Crippen molar-refractivity contribution in [1.82, 2.24) is 20.1 Å². The van der Waals surface area contributed by atoms with Crippen LogP contribution in [-0.2, 0) is 11.3 Å². The monoisotopic (exact) mass is 365 g/mol. The molecule has 3 amide bonds. The van der Waals surface area contributed by atoms with Crippen molar-refractivity contribution in [3.63, 3.8) is 0 Å². The van der Waals surface area contributed by atoms with Crippen LogP contribution in [0.25, 0.3) is 0 Å². The number of thioether (sulfide) groups is 1. The molecule has 0 aliphatic rings. The maximum Gasteiger partial charge on any atom is 0.318 e. The number of urea groups is 1. The van der Waals surface area contributed by atoms with Crippen LogP contribution in [0.3, 0.4) is 0 Å². The van der Waals surface area contributed by atoms with Crippen molar-refractivity contribution in [2.75, 3.05) is 0 Å². The fraction of sp³-hybridized carbons (Fsp3) is 0.500. The minimum Gasteiger partial charge on any atom is -0.467 e. The number of carbonyl (C=O) groups excluding carboxylic acids is 2. The molecule has 2 aromatic rings. The molecule has 0 radical (unpaired) electrons. The molecule has 136 valence electrons. The molecular weight excluding hydrogens is 342 g/mol. The molecule has 1 atom stereocenters. The summed E-state index contributed by atoms with van der Waals surface area (Å²) in [6, 6.07) is 2.83. The molecule has 25 heavy (non-hydrogen) atoms. The minimum atomic E-state index is -0.865. The van der Waals surface area contributed by atoms with Crippen LogP contribution in [-0.4, -0.2) is 32.0 Å². The van der Waals surface area contributed by atoms with Crippen LogP contribution in [0, 0.1) is 5.92 Å². The van der Waals surface area contributed by atoms with Crippen LogP contribution < -0.4 is 11.1 Å². The molecule has 2 rings (SSSR count). The molecule has 2 aromatic heterocycles. The van der Waals surface area contributed by atoms with Crippen LogP contribution in [0.2, 0.25) is 0 Å². The maximum absolute atomic E-state index is 12.3. The molecule has 0 fully saturated rings. The normalized spacial score (nSPS) is 12.6. The zero-order valence-corrected chi connectivity index (χ0v) is 15.5. The summed E-state index contributed by atoms with van der Waals surface area (Å²) in [7, 11) is 0. The quantitative estimate of drug-likeness (QED) is 0.728. The van der Waals surface area contributed by atoms with Crippen molar-refractivity contribution in [3.05, 3.63) is 30.0 Å². The average Bonchev–Trinajstić information content (AvgIpc) is 3.14. The minimum absolute atomic E-state index is 0.0272. The highest BCUT2D eigenvalue weighted by atomic mass is 32.2. The van der Waals surface area contributed by atoms with Gasteiger partial charge in [0.05, 0.1) is 18.1 Å². The van der Waals surface area contributed by atoms with Gasteiger partial charge in [-0.15, -0.1) is 10.2 Å². The van der Waals surface area contributed by atoms with Gasteiger partial charge < -0.3 is 10.2 Å². The third kappa shape index (κ3) is 4.85. The number of hydrogen-bond acceptors (Lipinski definition) is 6. The fourth-order valence-corrected chi connectivity index (χ4v) is 3.36. The van der Waals surface area contributed by atoms with Crippen molar-refractivity contribution in [1.29, 1.82) is 0 Å². The van der Waals surface area contributed by atoms with Crippen LogP contribution >= 0.6 is 11.8 Å². The van der Waals surface area contributed by atoms with Gasteiger partial charge in [-0.3, -0.25) is 14.7 Å². The van der Waals surface area contributed by atoms with Crippen LogP contribution in [0.15, 0.2) is 28.0 Å². The maximum atomic E-state index is 12.3. The number of nitrogens with zero attached hydrogens (tertiary/aromatic N) is 3. The van der Waals surface area contributed by atoms with Gasteiger partial charge in [-0.05, 0) is 18.1 Å². The van der Waals surface area contributed by atoms with Gasteiger partial charge >= 0.3 is 6.03 Å². The fourth-order valence-electron chi connectivity index (χ4n) is 2.32. The first kappa shape index (κ1) is 19.0. The third-order valence-electron chi connectivity index (χ3n) is 3.50. The first-order valence-corrected chi connectivity index (χ1v) is 8.90. The molecule has 3 N–H and O–H groups in total. The Morgan fingerprint density at radius 1 is 1.32 bits per heavy atom. The number of amides is 3. The summed E-state index contributed by atoms with van der Waals surface area (Å²) in [5.41, 5.74) is 5.06. The second-order valence-corrected chi connectivity index (χ2v) is 7.41. The van der Waals surface area contributed by atoms with Crippen molar-refractivity contribution < 1.29 is 14.0 Å². The summed E-state index contributed by atoms with van der Waals surface area (Å²) in [4.78, 5) is 23.3. The Balaban J connectivity index is 2.30. The van der Waals surface area contributed by atoms with Crippen LogP contribution in [0.5, 0.6) is 0 Å². The largest absolute Gasteiger partial charge is 0.467 e. The van der Waals surface area contributed by atoms with Crippen molar-refractivity contribution in [2.24, 2.45) is 11.7 Å². The lowest BCUT2D eigenvalue weighted by Crippen LogP contribution is -2.42. The molecule has 0 bridgehead atoms. The standard InChI is InChI=1S/C16H23N5O3S/c1-9(2)12(14(22)18-15(17)23)25-16-20-19-13(10(3)4)21(16)8-11-6-5-7-24-11/h5-7,9-10,12H,8H2,1-4H3,(H3,17,18,22,23). The van der Waals surface area contributed by atoms with Gasteiger partial charge in [-0.2, -0.15) is 0 Å². The van der Waals surface area contributed by atoms with E-state index >= 15 is 0 Å². The highest BCUT2D eigenvalue weighted by Gasteiger charge is 2.28. The first-order chi connectivity index (χ1) is 11.8. The van der Waals surface area contributed by atoms with Gasteiger partial charge in [0.2, 0.25) is 5.91 Å². The number of aromatic nitrogens is 3. The number of nitrogens with two attached hydrogens (primary N) is 1. The number of furan rings is 1. The Kier molecular flexibility index (Phi) is 6.24. The lowest BCUT2D eigenvalue weighted by molar-refractivity contribution is -0.120. The third-order valence-corrected chi connectivity index (χ3v) is 5.02. The van der Waals surface area contributed by atoms with Crippen LogP contribution in [0.4, 0.5) is 4.79 Å². The number of imide groups is 1. The van der Waals surface area contributed by atoms with E-state index in [1.807, 2.05) is 44.4 Å². The van der Waals surface area contributed by atoms with Crippen molar-refractivity contribution >= 4 is 23.7 Å². The number of rotatable bonds is 7. The van der Waals surface area contributed by atoms with E-state index in [0.717, 1.165) is 11.6 Å². The van der Waals surface area contributed by atoms with Gasteiger partial charge in [0.15, 0.2) is 5.16 Å². The summed E-state index contributed by atoms with van der Waals surface area (Å²) in [6.07, 6.45) is 1.61. The van der Waals surface area contributed by atoms with Crippen molar-refractivity contribution in [2.45, 2.75) is 50.6 Å². The van der Waals surface area contributed by atoms with Gasteiger partial charge in [0.25, 0.3) is 0 Å². The second kappa shape index (κ2) is 8.19. The number of carbonyl (C=O) groups is 2. The highest BCUT2D eigenvalue weighted by Crippen LogP contribution is 2.29.